The quantitative estimate of drug-likeness (QED) is 0.900. The largest absolute Gasteiger partial charge is 0.349 e. The van der Waals surface area contributed by atoms with Crippen LogP contribution in [0.5, 0.6) is 0 Å². The molecule has 1 aliphatic heterocycles. The number of nitrogens with zero attached hydrogens (tertiary/aromatic N) is 1. The van der Waals surface area contributed by atoms with Crippen molar-refractivity contribution in [1.82, 2.24) is 10.2 Å². The van der Waals surface area contributed by atoms with Gasteiger partial charge in [-0.3, -0.25) is 4.79 Å². The third kappa shape index (κ3) is 4.24. The van der Waals surface area contributed by atoms with Crippen molar-refractivity contribution in [3.63, 3.8) is 0 Å². The number of nitrogens with one attached hydrogen (secondary N) is 2. The molecule has 2 fully saturated rings. The second kappa shape index (κ2) is 6.60. The lowest BCUT2D eigenvalue weighted by atomic mass is 9.92. The molecule has 2 aliphatic rings. The van der Waals surface area contributed by atoms with Gasteiger partial charge in [-0.05, 0) is 49.3 Å². The van der Waals surface area contributed by atoms with Crippen molar-refractivity contribution < 1.29 is 9.59 Å². The van der Waals surface area contributed by atoms with Crippen LogP contribution in [0.25, 0.3) is 0 Å². The highest BCUT2D eigenvalue weighted by atomic mass is 16.2. The monoisotopic (exact) mass is 315 g/mol. The summed E-state index contributed by atoms with van der Waals surface area (Å²) < 4.78 is 0. The van der Waals surface area contributed by atoms with E-state index in [0.29, 0.717) is 29.1 Å². The fourth-order valence-electron chi connectivity index (χ4n) is 3.27. The lowest BCUT2D eigenvalue weighted by Gasteiger charge is -2.34. The number of hydrogen-bond acceptors (Lipinski definition) is 2. The Hall–Kier alpha value is -2.04. The van der Waals surface area contributed by atoms with E-state index in [4.69, 9.17) is 0 Å². The van der Waals surface area contributed by atoms with E-state index in [0.717, 1.165) is 25.9 Å². The van der Waals surface area contributed by atoms with E-state index < -0.39 is 0 Å². The van der Waals surface area contributed by atoms with Crippen LogP contribution >= 0.6 is 0 Å². The second-order valence-corrected chi connectivity index (χ2v) is 7.11. The first kappa shape index (κ1) is 15.8. The molecule has 1 aromatic carbocycles. The number of likely N-dealkylation sites (tertiary alicyclic amines) is 1. The lowest BCUT2D eigenvalue weighted by molar-refractivity contribution is 0.0951. The number of benzene rings is 1. The zero-order valence-corrected chi connectivity index (χ0v) is 13.8. The fraction of sp³-hybridized carbons (Fsp3) is 0.556. The van der Waals surface area contributed by atoms with Gasteiger partial charge in [0.15, 0.2) is 0 Å². The highest BCUT2D eigenvalue weighted by Gasteiger charge is 2.26. The summed E-state index contributed by atoms with van der Waals surface area (Å²) in [5.41, 5.74) is 1.26. The molecule has 1 aromatic rings. The number of hydrogen-bond donors (Lipinski definition) is 2. The van der Waals surface area contributed by atoms with Crippen LogP contribution in [0.3, 0.4) is 0 Å². The number of carbonyl (C=O) groups excluding carboxylic acids is 2. The number of piperidine rings is 1. The number of anilines is 1. The lowest BCUT2D eigenvalue weighted by Crippen LogP contribution is -2.44. The fourth-order valence-corrected chi connectivity index (χ4v) is 3.27. The predicted octanol–water partition coefficient (Wildman–Crippen LogP) is 3.09. The first-order valence-corrected chi connectivity index (χ1v) is 8.48. The molecule has 5 nitrogen and oxygen atoms in total. The van der Waals surface area contributed by atoms with Crippen LogP contribution in [0.15, 0.2) is 24.3 Å². The van der Waals surface area contributed by atoms with Crippen molar-refractivity contribution in [2.45, 2.75) is 39.2 Å². The van der Waals surface area contributed by atoms with Crippen LogP contribution in [0, 0.1) is 11.8 Å². The van der Waals surface area contributed by atoms with Crippen molar-refractivity contribution in [1.29, 1.82) is 0 Å². The smallest absolute Gasteiger partial charge is 0.321 e. The average Bonchev–Trinajstić information content (AvgIpc) is 3.30. The maximum Gasteiger partial charge on any atom is 0.321 e. The van der Waals surface area contributed by atoms with E-state index in [9.17, 15) is 9.59 Å². The van der Waals surface area contributed by atoms with Crippen LogP contribution < -0.4 is 10.6 Å². The Bertz CT molecular complexity index is 588. The third-order valence-corrected chi connectivity index (χ3v) is 4.44. The minimum absolute atomic E-state index is 0.0659. The summed E-state index contributed by atoms with van der Waals surface area (Å²) in [5, 5.41) is 5.89. The number of urea groups is 1. The molecule has 124 valence electrons. The van der Waals surface area contributed by atoms with Crippen molar-refractivity contribution in [3.8, 4) is 0 Å². The molecule has 5 heteroatoms. The summed E-state index contributed by atoms with van der Waals surface area (Å²) in [6, 6.07) is 7.40. The van der Waals surface area contributed by atoms with E-state index in [1.54, 1.807) is 18.2 Å². The second-order valence-electron chi connectivity index (χ2n) is 7.11. The first-order chi connectivity index (χ1) is 11.0. The molecule has 0 aromatic heterocycles. The first-order valence-electron chi connectivity index (χ1n) is 8.48. The molecule has 2 N–H and O–H groups in total. The summed E-state index contributed by atoms with van der Waals surface area (Å²) in [5.74, 6) is 0.990. The van der Waals surface area contributed by atoms with Gasteiger partial charge < -0.3 is 15.5 Å². The number of amides is 3. The summed E-state index contributed by atoms with van der Waals surface area (Å²) in [4.78, 5) is 26.4. The zero-order valence-electron chi connectivity index (χ0n) is 13.8. The van der Waals surface area contributed by atoms with E-state index in [2.05, 4.69) is 24.5 Å². The van der Waals surface area contributed by atoms with Gasteiger partial charge in [0.2, 0.25) is 0 Å². The number of rotatable bonds is 3. The summed E-state index contributed by atoms with van der Waals surface area (Å²) >= 11 is 0. The van der Waals surface area contributed by atoms with Gasteiger partial charge in [-0.2, -0.15) is 0 Å². The van der Waals surface area contributed by atoms with Crippen LogP contribution in [0.4, 0.5) is 10.5 Å². The zero-order chi connectivity index (χ0) is 16.4. The summed E-state index contributed by atoms with van der Waals surface area (Å²) in [6.07, 6.45) is 3.29. The normalized spacial score (nSPS) is 24.2. The van der Waals surface area contributed by atoms with Gasteiger partial charge in [0, 0.05) is 30.4 Å². The molecule has 2 atom stereocenters. The molecule has 0 bridgehead atoms. The highest BCUT2D eigenvalue weighted by molar-refractivity contribution is 5.97. The Morgan fingerprint density at radius 3 is 2.48 bits per heavy atom. The standard InChI is InChI=1S/C18H25N3O2/c1-12-8-13(2)11-21(10-12)18(23)20-16-5-3-4-14(9-16)17(22)19-15-6-7-15/h3-5,9,12-13,15H,6-8,10-11H2,1-2H3,(H,19,22)(H,20,23)/t12-,13+. The van der Waals surface area contributed by atoms with E-state index >= 15 is 0 Å². The van der Waals surface area contributed by atoms with Crippen molar-refractivity contribution in [2.24, 2.45) is 11.8 Å². The van der Waals surface area contributed by atoms with Crippen LogP contribution in [0.2, 0.25) is 0 Å². The maximum absolute atomic E-state index is 12.4. The molecule has 3 rings (SSSR count). The van der Waals surface area contributed by atoms with Crippen LogP contribution in [-0.2, 0) is 0 Å². The Morgan fingerprint density at radius 2 is 1.83 bits per heavy atom. The Morgan fingerprint density at radius 1 is 1.13 bits per heavy atom. The van der Waals surface area contributed by atoms with E-state index in [1.807, 2.05) is 11.0 Å². The molecule has 1 heterocycles. The molecule has 1 saturated heterocycles. The van der Waals surface area contributed by atoms with Gasteiger partial charge in [0.1, 0.15) is 0 Å². The number of carbonyl (C=O) groups is 2. The molecule has 3 amide bonds. The SMILES string of the molecule is C[C@@H]1C[C@H](C)CN(C(=O)Nc2cccc(C(=O)NC3CC3)c2)C1. The summed E-state index contributed by atoms with van der Waals surface area (Å²) in [6.45, 7) is 5.94. The van der Waals surface area contributed by atoms with Gasteiger partial charge in [0.05, 0.1) is 0 Å². The van der Waals surface area contributed by atoms with Gasteiger partial charge >= 0.3 is 6.03 Å². The van der Waals surface area contributed by atoms with Crippen molar-refractivity contribution >= 4 is 17.6 Å². The van der Waals surface area contributed by atoms with Gasteiger partial charge in [-0.1, -0.05) is 19.9 Å². The van der Waals surface area contributed by atoms with Crippen LogP contribution in [-0.4, -0.2) is 36.0 Å². The predicted molar refractivity (Wildman–Crippen MR) is 90.5 cm³/mol. The van der Waals surface area contributed by atoms with Gasteiger partial charge in [-0.15, -0.1) is 0 Å². The molecular weight excluding hydrogens is 290 g/mol. The molecular formula is C18H25N3O2. The third-order valence-electron chi connectivity index (χ3n) is 4.44. The van der Waals surface area contributed by atoms with Crippen molar-refractivity contribution in [2.75, 3.05) is 18.4 Å². The molecule has 0 radical (unpaired) electrons. The molecule has 1 saturated carbocycles. The average molecular weight is 315 g/mol. The molecule has 0 spiro atoms. The highest BCUT2D eigenvalue weighted by Crippen LogP contribution is 2.22. The molecule has 0 unspecified atom stereocenters. The summed E-state index contributed by atoms with van der Waals surface area (Å²) in [7, 11) is 0. The molecule has 1 aliphatic carbocycles. The minimum Gasteiger partial charge on any atom is -0.349 e. The van der Waals surface area contributed by atoms with Crippen LogP contribution in [0.1, 0.15) is 43.5 Å². The van der Waals surface area contributed by atoms with Crippen molar-refractivity contribution in [3.05, 3.63) is 29.8 Å². The van der Waals surface area contributed by atoms with Gasteiger partial charge in [-0.25, -0.2) is 4.79 Å². The van der Waals surface area contributed by atoms with E-state index in [1.165, 1.54) is 6.42 Å². The minimum atomic E-state index is -0.0804. The van der Waals surface area contributed by atoms with Gasteiger partial charge in [0.25, 0.3) is 5.91 Å². The Labute approximate surface area is 137 Å². The maximum atomic E-state index is 12.4. The Kier molecular flexibility index (Phi) is 4.55. The topological polar surface area (TPSA) is 61.4 Å². The Balaban J connectivity index is 1.62. The van der Waals surface area contributed by atoms with E-state index in [-0.39, 0.29) is 11.9 Å². The molecule has 23 heavy (non-hydrogen) atoms.